The molecule has 1 aliphatic carbocycles. The Kier molecular flexibility index (Phi) is 5.67. The van der Waals surface area contributed by atoms with Crippen LogP contribution in [-0.4, -0.2) is 44.7 Å². The van der Waals surface area contributed by atoms with Crippen molar-refractivity contribution in [1.82, 2.24) is 4.31 Å². The summed E-state index contributed by atoms with van der Waals surface area (Å²) in [6.45, 7) is 1.54. The number of hydrogen-bond acceptors (Lipinski definition) is 5. The van der Waals surface area contributed by atoms with Crippen molar-refractivity contribution >= 4 is 21.8 Å². The van der Waals surface area contributed by atoms with Gasteiger partial charge in [0.15, 0.2) is 6.10 Å². The summed E-state index contributed by atoms with van der Waals surface area (Å²) < 4.78 is 30.6. The second kappa shape index (κ2) is 7.85. The highest BCUT2D eigenvalue weighted by Crippen LogP contribution is 2.24. The molecule has 0 saturated heterocycles. The third-order valence-electron chi connectivity index (χ3n) is 4.90. The molecule has 0 heterocycles. The Labute approximate surface area is 165 Å². The van der Waals surface area contributed by atoms with Gasteiger partial charge in [0.25, 0.3) is 0 Å². The van der Waals surface area contributed by atoms with Crippen LogP contribution in [0.15, 0.2) is 47.4 Å². The second-order valence-corrected chi connectivity index (χ2v) is 9.21. The number of rotatable bonds is 6. The van der Waals surface area contributed by atoms with E-state index in [4.69, 9.17) is 4.74 Å². The molecule has 0 radical (unpaired) electrons. The highest BCUT2D eigenvalue weighted by Gasteiger charge is 2.23. The van der Waals surface area contributed by atoms with Gasteiger partial charge < -0.3 is 4.74 Å². The fraction of sp³-hybridized carbons (Fsp3) is 0.333. The van der Waals surface area contributed by atoms with Crippen LogP contribution in [0.1, 0.15) is 45.2 Å². The molecule has 0 saturated carbocycles. The van der Waals surface area contributed by atoms with Gasteiger partial charge >= 0.3 is 5.97 Å². The average molecular weight is 401 g/mol. The first-order valence-corrected chi connectivity index (χ1v) is 10.5. The maximum atomic E-state index is 12.6. The number of carbonyl (C=O) groups is 2. The molecule has 0 aromatic heterocycles. The van der Waals surface area contributed by atoms with Gasteiger partial charge in [-0.15, -0.1) is 0 Å². The van der Waals surface area contributed by atoms with Crippen molar-refractivity contribution in [2.24, 2.45) is 0 Å². The molecule has 0 spiro atoms. The molecule has 0 N–H and O–H groups in total. The maximum absolute atomic E-state index is 12.6. The van der Waals surface area contributed by atoms with Crippen molar-refractivity contribution in [3.8, 4) is 0 Å². The number of aryl methyl sites for hydroxylation is 2. The Morgan fingerprint density at radius 2 is 1.57 bits per heavy atom. The van der Waals surface area contributed by atoms with E-state index in [1.807, 2.05) is 12.1 Å². The van der Waals surface area contributed by atoms with Gasteiger partial charge in [0, 0.05) is 19.7 Å². The summed E-state index contributed by atoms with van der Waals surface area (Å²) in [7, 11) is -0.701. The third kappa shape index (κ3) is 4.00. The lowest BCUT2D eigenvalue weighted by Crippen LogP contribution is -2.25. The molecule has 0 fully saturated rings. The van der Waals surface area contributed by atoms with Crippen LogP contribution in [0.2, 0.25) is 0 Å². The van der Waals surface area contributed by atoms with E-state index in [1.54, 1.807) is 13.0 Å². The third-order valence-corrected chi connectivity index (χ3v) is 6.73. The number of carbonyl (C=O) groups excluding carboxylic acids is 2. The number of hydrogen-bond donors (Lipinski definition) is 0. The molecule has 0 unspecified atom stereocenters. The smallest absolute Gasteiger partial charge is 0.338 e. The first kappa shape index (κ1) is 20.2. The fourth-order valence-corrected chi connectivity index (χ4v) is 4.12. The Hall–Kier alpha value is -2.51. The number of ether oxygens (including phenoxy) is 1. The molecule has 0 aliphatic heterocycles. The van der Waals surface area contributed by atoms with E-state index in [0.29, 0.717) is 5.56 Å². The van der Waals surface area contributed by atoms with Crippen molar-refractivity contribution in [2.75, 3.05) is 14.1 Å². The van der Waals surface area contributed by atoms with Gasteiger partial charge in [0.1, 0.15) is 0 Å². The summed E-state index contributed by atoms with van der Waals surface area (Å²) in [6.07, 6.45) is 2.16. The zero-order valence-corrected chi connectivity index (χ0v) is 17.0. The van der Waals surface area contributed by atoms with Gasteiger partial charge in [-0.3, -0.25) is 4.79 Å². The maximum Gasteiger partial charge on any atom is 0.338 e. The average Bonchev–Trinajstić information content (AvgIpc) is 3.15. The van der Waals surface area contributed by atoms with Gasteiger partial charge in [-0.05, 0) is 67.6 Å². The SMILES string of the molecule is C[C@@H](OC(=O)c1ccc(S(=O)(=O)N(C)C)cc1)C(=O)c1ccc2c(c1)CCC2. The standard InChI is InChI=1S/C21H23NO5S/c1-14(20(23)18-8-7-15-5-4-6-17(15)13-18)27-21(24)16-9-11-19(12-10-16)28(25,26)22(2)3/h7-14H,4-6H2,1-3H3/t14-/m1/s1. The summed E-state index contributed by atoms with van der Waals surface area (Å²) in [5.74, 6) is -0.925. The number of fused-ring (bicyclic) bond motifs is 1. The van der Waals surface area contributed by atoms with Gasteiger partial charge in [-0.1, -0.05) is 12.1 Å². The Balaban J connectivity index is 1.69. The molecule has 1 atom stereocenters. The zero-order chi connectivity index (χ0) is 20.5. The first-order valence-electron chi connectivity index (χ1n) is 9.10. The molecule has 7 heteroatoms. The lowest BCUT2D eigenvalue weighted by Gasteiger charge is -2.14. The summed E-state index contributed by atoms with van der Waals surface area (Å²) in [5, 5.41) is 0. The van der Waals surface area contributed by atoms with E-state index in [1.165, 1.54) is 49.5 Å². The molecule has 6 nitrogen and oxygen atoms in total. The highest BCUT2D eigenvalue weighted by atomic mass is 32.2. The van der Waals surface area contributed by atoms with Crippen molar-refractivity contribution < 1.29 is 22.7 Å². The molecular weight excluding hydrogens is 378 g/mol. The van der Waals surface area contributed by atoms with E-state index >= 15 is 0 Å². The van der Waals surface area contributed by atoms with Crippen LogP contribution >= 0.6 is 0 Å². The molecule has 28 heavy (non-hydrogen) atoms. The summed E-state index contributed by atoms with van der Waals surface area (Å²) in [6, 6.07) is 11.1. The van der Waals surface area contributed by atoms with E-state index < -0.39 is 22.1 Å². The molecule has 148 valence electrons. The van der Waals surface area contributed by atoms with Crippen LogP contribution in [0.5, 0.6) is 0 Å². The zero-order valence-electron chi connectivity index (χ0n) is 16.1. The van der Waals surface area contributed by atoms with Crippen LogP contribution in [0.3, 0.4) is 0 Å². The number of esters is 1. The Morgan fingerprint density at radius 3 is 2.21 bits per heavy atom. The van der Waals surface area contributed by atoms with Gasteiger partial charge in [-0.2, -0.15) is 0 Å². The molecular formula is C21H23NO5S. The van der Waals surface area contributed by atoms with E-state index in [9.17, 15) is 18.0 Å². The van der Waals surface area contributed by atoms with Crippen LogP contribution < -0.4 is 0 Å². The predicted molar refractivity (Wildman–Crippen MR) is 105 cm³/mol. The molecule has 0 amide bonds. The number of ketones is 1. The Morgan fingerprint density at radius 1 is 0.964 bits per heavy atom. The van der Waals surface area contributed by atoms with Crippen molar-refractivity contribution in [3.05, 3.63) is 64.7 Å². The number of Topliss-reactive ketones (excluding diaryl/α,β-unsaturated/α-hetero) is 1. The first-order chi connectivity index (χ1) is 13.2. The van der Waals surface area contributed by atoms with Crippen molar-refractivity contribution in [3.63, 3.8) is 0 Å². The van der Waals surface area contributed by atoms with E-state index in [0.717, 1.165) is 23.6 Å². The minimum atomic E-state index is -3.57. The molecule has 1 aliphatic rings. The Bertz CT molecular complexity index is 1010. The number of benzene rings is 2. The lowest BCUT2D eigenvalue weighted by atomic mass is 10.0. The van der Waals surface area contributed by atoms with Crippen LogP contribution in [0, 0.1) is 0 Å². The van der Waals surface area contributed by atoms with Crippen LogP contribution in [-0.2, 0) is 27.6 Å². The minimum absolute atomic E-state index is 0.0799. The van der Waals surface area contributed by atoms with Crippen molar-refractivity contribution in [1.29, 1.82) is 0 Å². The van der Waals surface area contributed by atoms with Crippen LogP contribution in [0.4, 0.5) is 0 Å². The van der Waals surface area contributed by atoms with Gasteiger partial charge in [-0.25, -0.2) is 17.5 Å². The fourth-order valence-electron chi connectivity index (χ4n) is 3.22. The molecule has 0 bridgehead atoms. The number of nitrogens with zero attached hydrogens (tertiary/aromatic N) is 1. The largest absolute Gasteiger partial charge is 0.451 e. The normalized spacial score (nSPS) is 14.6. The van der Waals surface area contributed by atoms with Gasteiger partial charge in [0.05, 0.1) is 10.5 Å². The molecule has 2 aromatic carbocycles. The molecule has 3 rings (SSSR count). The number of sulfonamides is 1. The predicted octanol–water partition coefficient (Wildman–Crippen LogP) is 2.85. The quantitative estimate of drug-likeness (QED) is 0.549. The lowest BCUT2D eigenvalue weighted by molar-refractivity contribution is 0.0318. The molecule has 2 aromatic rings. The van der Waals surface area contributed by atoms with E-state index in [2.05, 4.69) is 0 Å². The monoisotopic (exact) mass is 401 g/mol. The van der Waals surface area contributed by atoms with Crippen molar-refractivity contribution in [2.45, 2.75) is 37.2 Å². The van der Waals surface area contributed by atoms with E-state index in [-0.39, 0.29) is 16.2 Å². The minimum Gasteiger partial charge on any atom is -0.451 e. The van der Waals surface area contributed by atoms with Crippen LogP contribution in [0.25, 0.3) is 0 Å². The van der Waals surface area contributed by atoms with Gasteiger partial charge in [0.2, 0.25) is 15.8 Å². The highest BCUT2D eigenvalue weighted by molar-refractivity contribution is 7.89. The summed E-state index contributed by atoms with van der Waals surface area (Å²) >= 11 is 0. The summed E-state index contributed by atoms with van der Waals surface area (Å²) in [5.41, 5.74) is 3.18. The second-order valence-electron chi connectivity index (χ2n) is 7.06. The summed E-state index contributed by atoms with van der Waals surface area (Å²) in [4.78, 5) is 25.0. The topological polar surface area (TPSA) is 80.8 Å².